The molecule has 5 heteroatoms. The first kappa shape index (κ1) is 14.8. The molecule has 0 radical (unpaired) electrons. The second-order valence-corrected chi connectivity index (χ2v) is 5.93. The van der Waals surface area contributed by atoms with Gasteiger partial charge in [-0.05, 0) is 37.1 Å². The van der Waals surface area contributed by atoms with Crippen molar-refractivity contribution in [3.05, 3.63) is 53.0 Å². The van der Waals surface area contributed by atoms with Gasteiger partial charge >= 0.3 is 0 Å². The van der Waals surface area contributed by atoms with Crippen LogP contribution < -0.4 is 5.32 Å². The molecule has 2 heterocycles. The van der Waals surface area contributed by atoms with Crippen molar-refractivity contribution in [2.45, 2.75) is 26.5 Å². The molecule has 0 amide bonds. The number of H-pyrrole nitrogens is 1. The maximum atomic E-state index is 10.1. The summed E-state index contributed by atoms with van der Waals surface area (Å²) in [5.41, 5.74) is 5.67. The number of aliphatic hydroxyl groups is 1. The third kappa shape index (κ3) is 3.05. The van der Waals surface area contributed by atoms with E-state index < -0.39 is 6.10 Å². The molecule has 3 aromatic rings. The molecule has 5 nitrogen and oxygen atoms in total. The lowest BCUT2D eigenvalue weighted by molar-refractivity contribution is 0.174. The summed E-state index contributed by atoms with van der Waals surface area (Å²) in [4.78, 5) is 3.43. The van der Waals surface area contributed by atoms with Crippen LogP contribution in [0.4, 0.5) is 0 Å². The highest BCUT2D eigenvalue weighted by atomic mass is 16.3. The molecule has 0 saturated heterocycles. The van der Waals surface area contributed by atoms with Crippen LogP contribution in [0, 0.1) is 13.8 Å². The monoisotopic (exact) mass is 298 g/mol. The number of fused-ring (bicyclic) bond motifs is 1. The Morgan fingerprint density at radius 3 is 2.86 bits per heavy atom. The Morgan fingerprint density at radius 2 is 2.14 bits per heavy atom. The lowest BCUT2D eigenvalue weighted by atomic mass is 10.1. The molecule has 0 bridgehead atoms. The summed E-state index contributed by atoms with van der Waals surface area (Å²) in [6.45, 7) is 5.44. The summed E-state index contributed by atoms with van der Waals surface area (Å²) in [6.07, 6.45) is 2.99. The van der Waals surface area contributed by atoms with Crippen LogP contribution in [-0.4, -0.2) is 26.4 Å². The van der Waals surface area contributed by atoms with Crippen molar-refractivity contribution in [2.24, 2.45) is 7.05 Å². The van der Waals surface area contributed by atoms with Gasteiger partial charge in [0.05, 0.1) is 12.3 Å². The molecule has 3 rings (SSSR count). The van der Waals surface area contributed by atoms with Crippen molar-refractivity contribution in [3.8, 4) is 0 Å². The molecular formula is C17H22N4O. The fraction of sp³-hybridized carbons (Fsp3) is 0.353. The number of aromatic nitrogens is 3. The summed E-state index contributed by atoms with van der Waals surface area (Å²) in [5, 5.41) is 18.7. The van der Waals surface area contributed by atoms with Gasteiger partial charge in [-0.1, -0.05) is 6.07 Å². The zero-order valence-corrected chi connectivity index (χ0v) is 13.2. The average Bonchev–Trinajstić information content (AvgIpc) is 3.05. The van der Waals surface area contributed by atoms with E-state index in [1.807, 2.05) is 13.2 Å². The number of nitrogens with one attached hydrogen (secondary N) is 2. The van der Waals surface area contributed by atoms with Crippen LogP contribution in [0.1, 0.15) is 28.5 Å². The van der Waals surface area contributed by atoms with Crippen LogP contribution in [0.3, 0.4) is 0 Å². The van der Waals surface area contributed by atoms with Crippen LogP contribution in [0.2, 0.25) is 0 Å². The number of hydrogen-bond acceptors (Lipinski definition) is 3. The zero-order chi connectivity index (χ0) is 15.7. The Labute approximate surface area is 130 Å². The van der Waals surface area contributed by atoms with E-state index in [-0.39, 0.29) is 0 Å². The molecule has 3 N–H and O–H groups in total. The normalized spacial score (nSPS) is 12.9. The van der Waals surface area contributed by atoms with Crippen molar-refractivity contribution < 1.29 is 5.11 Å². The molecule has 0 aliphatic heterocycles. The van der Waals surface area contributed by atoms with Gasteiger partial charge in [0.1, 0.15) is 0 Å². The molecule has 2 aromatic heterocycles. The van der Waals surface area contributed by atoms with E-state index in [0.717, 1.165) is 11.3 Å². The van der Waals surface area contributed by atoms with Crippen molar-refractivity contribution in [1.29, 1.82) is 0 Å². The third-order valence-corrected chi connectivity index (χ3v) is 3.91. The fourth-order valence-electron chi connectivity index (χ4n) is 2.83. The summed E-state index contributed by atoms with van der Waals surface area (Å²) in [5.74, 6) is 0. The predicted molar refractivity (Wildman–Crippen MR) is 87.6 cm³/mol. The Bertz CT molecular complexity index is 787. The van der Waals surface area contributed by atoms with Crippen LogP contribution in [0.25, 0.3) is 10.9 Å². The lowest BCUT2D eigenvalue weighted by Crippen LogP contribution is -2.21. The third-order valence-electron chi connectivity index (χ3n) is 3.91. The SMILES string of the molecule is Cc1cc(C)c2cc(CNCC(O)c3cnn(C)c3)[nH]c2c1. The Kier molecular flexibility index (Phi) is 4.00. The highest BCUT2D eigenvalue weighted by Crippen LogP contribution is 2.21. The number of benzene rings is 1. The summed E-state index contributed by atoms with van der Waals surface area (Å²) >= 11 is 0. The van der Waals surface area contributed by atoms with Gasteiger partial charge < -0.3 is 15.4 Å². The van der Waals surface area contributed by atoms with Gasteiger partial charge in [-0.15, -0.1) is 0 Å². The second kappa shape index (κ2) is 5.94. The standard InChI is InChI=1S/C17H22N4O/c1-11-4-12(2)15-6-14(20-16(15)5-11)8-18-9-17(22)13-7-19-21(3)10-13/h4-7,10,17-18,20,22H,8-9H2,1-3H3. The molecule has 1 unspecified atom stereocenters. The maximum absolute atomic E-state index is 10.1. The Balaban J connectivity index is 1.63. The zero-order valence-electron chi connectivity index (χ0n) is 13.2. The summed E-state index contributed by atoms with van der Waals surface area (Å²) in [7, 11) is 1.85. The van der Waals surface area contributed by atoms with Gasteiger partial charge in [-0.2, -0.15) is 5.10 Å². The van der Waals surface area contributed by atoms with Gasteiger partial charge in [-0.3, -0.25) is 4.68 Å². The Morgan fingerprint density at radius 1 is 1.32 bits per heavy atom. The molecular weight excluding hydrogens is 276 g/mol. The molecule has 0 saturated carbocycles. The van der Waals surface area contributed by atoms with Crippen LogP contribution in [0.5, 0.6) is 0 Å². The minimum absolute atomic E-state index is 0.499. The van der Waals surface area contributed by atoms with Gasteiger partial charge in [-0.25, -0.2) is 0 Å². The van der Waals surface area contributed by atoms with E-state index in [0.29, 0.717) is 13.1 Å². The number of nitrogens with zero attached hydrogens (tertiary/aromatic N) is 2. The fourth-order valence-corrected chi connectivity index (χ4v) is 2.83. The van der Waals surface area contributed by atoms with E-state index in [1.54, 1.807) is 10.9 Å². The molecule has 0 aliphatic carbocycles. The quantitative estimate of drug-likeness (QED) is 0.677. The van der Waals surface area contributed by atoms with Gasteiger partial charge in [0.25, 0.3) is 0 Å². The summed E-state index contributed by atoms with van der Waals surface area (Å²) < 4.78 is 1.70. The number of aromatic amines is 1. The smallest absolute Gasteiger partial charge is 0.0944 e. The van der Waals surface area contributed by atoms with E-state index in [4.69, 9.17) is 0 Å². The average molecular weight is 298 g/mol. The Hall–Kier alpha value is -2.11. The van der Waals surface area contributed by atoms with Crippen molar-refractivity contribution in [3.63, 3.8) is 0 Å². The van der Waals surface area contributed by atoms with Gasteiger partial charge in [0, 0.05) is 48.5 Å². The van der Waals surface area contributed by atoms with Crippen molar-refractivity contribution in [1.82, 2.24) is 20.1 Å². The van der Waals surface area contributed by atoms with Gasteiger partial charge in [0.2, 0.25) is 0 Å². The van der Waals surface area contributed by atoms with Gasteiger partial charge in [0.15, 0.2) is 0 Å². The molecule has 0 fully saturated rings. The first-order valence-corrected chi connectivity index (χ1v) is 7.49. The number of aryl methyl sites for hydroxylation is 3. The largest absolute Gasteiger partial charge is 0.387 e. The van der Waals surface area contributed by atoms with Crippen LogP contribution in [0.15, 0.2) is 30.6 Å². The minimum Gasteiger partial charge on any atom is -0.387 e. The van der Waals surface area contributed by atoms with Crippen molar-refractivity contribution in [2.75, 3.05) is 6.54 Å². The summed E-state index contributed by atoms with van der Waals surface area (Å²) in [6, 6.07) is 6.53. The van der Waals surface area contributed by atoms with E-state index in [2.05, 4.69) is 47.4 Å². The first-order chi connectivity index (χ1) is 10.5. The predicted octanol–water partition coefficient (Wildman–Crippen LogP) is 2.34. The molecule has 1 atom stereocenters. The highest BCUT2D eigenvalue weighted by Gasteiger charge is 2.09. The molecule has 1 aromatic carbocycles. The number of hydrogen-bond donors (Lipinski definition) is 3. The van der Waals surface area contributed by atoms with Crippen LogP contribution in [-0.2, 0) is 13.6 Å². The number of rotatable bonds is 5. The maximum Gasteiger partial charge on any atom is 0.0944 e. The molecule has 22 heavy (non-hydrogen) atoms. The van der Waals surface area contributed by atoms with Crippen LogP contribution >= 0.6 is 0 Å². The van der Waals surface area contributed by atoms with E-state index in [9.17, 15) is 5.11 Å². The highest BCUT2D eigenvalue weighted by molar-refractivity contribution is 5.84. The lowest BCUT2D eigenvalue weighted by Gasteiger charge is -2.09. The van der Waals surface area contributed by atoms with Crippen molar-refractivity contribution >= 4 is 10.9 Å². The topological polar surface area (TPSA) is 65.9 Å². The second-order valence-electron chi connectivity index (χ2n) is 5.93. The minimum atomic E-state index is -0.540. The number of aliphatic hydroxyl groups excluding tert-OH is 1. The van der Waals surface area contributed by atoms with E-state index in [1.165, 1.54) is 22.0 Å². The first-order valence-electron chi connectivity index (χ1n) is 7.49. The molecule has 116 valence electrons. The van der Waals surface area contributed by atoms with E-state index >= 15 is 0 Å². The molecule has 0 aliphatic rings. The molecule has 0 spiro atoms.